The van der Waals surface area contributed by atoms with E-state index in [-0.39, 0.29) is 0 Å². The minimum atomic E-state index is -2.41. The molecule has 12 heavy (non-hydrogen) atoms. The average Bonchev–Trinajstić information content (AvgIpc) is 1.94. The molecule has 0 bridgehead atoms. The van der Waals surface area contributed by atoms with Crippen LogP contribution in [0.5, 0.6) is 0 Å². The van der Waals surface area contributed by atoms with Crippen LogP contribution in [0.25, 0.3) is 0 Å². The van der Waals surface area contributed by atoms with Crippen LogP contribution in [0.3, 0.4) is 0 Å². The van der Waals surface area contributed by atoms with E-state index in [1.807, 2.05) is 0 Å². The number of unbranched alkanes of at least 4 members (excludes halogenated alkanes) is 3. The summed E-state index contributed by atoms with van der Waals surface area (Å²) in [5.74, 6) is 0. The number of rotatable bonds is 7. The highest BCUT2D eigenvalue weighted by Gasteiger charge is 1.96. The van der Waals surface area contributed by atoms with Gasteiger partial charge in [-0.3, -0.25) is 4.18 Å². The molecule has 0 saturated carbocycles. The molecule has 0 spiro atoms. The van der Waals surface area contributed by atoms with Gasteiger partial charge in [0.1, 0.15) is 8.77 Å². The van der Waals surface area contributed by atoms with Crippen molar-refractivity contribution in [3.05, 3.63) is 0 Å². The van der Waals surface area contributed by atoms with Crippen LogP contribution in [0.15, 0.2) is 0 Å². The average molecular weight is 211 g/mol. The van der Waals surface area contributed by atoms with Gasteiger partial charge in [0.2, 0.25) is 0 Å². The molecule has 0 fully saturated rings. The highest BCUT2D eigenvalue weighted by Crippen LogP contribution is 2.00. The zero-order valence-corrected chi connectivity index (χ0v) is 9.09. The Labute approximate surface area is 79.5 Å². The van der Waals surface area contributed by atoms with Crippen molar-refractivity contribution in [1.29, 1.82) is 0 Å². The molecule has 2 N–H and O–H groups in total. The molecular weight excluding hydrogens is 194 g/mol. The maximum atomic E-state index is 10.8. The summed E-state index contributed by atoms with van der Waals surface area (Å²) in [4.78, 5) is 0. The van der Waals surface area contributed by atoms with Gasteiger partial charge < -0.3 is 5.73 Å². The predicted molar refractivity (Wildman–Crippen MR) is 54.9 cm³/mol. The number of nitrogens with two attached hydrogens (primary N) is 1. The van der Waals surface area contributed by atoms with Crippen LogP contribution in [-0.2, 0) is 24.1 Å². The van der Waals surface area contributed by atoms with Crippen molar-refractivity contribution in [3.63, 3.8) is 0 Å². The Hall–Kier alpha value is 0.290. The first-order valence-electron chi connectivity index (χ1n) is 4.11. The molecule has 0 amide bonds. The Kier molecular flexibility index (Phi) is 6.93. The van der Waals surface area contributed by atoms with Crippen LogP contribution in [0.2, 0.25) is 0 Å². The van der Waals surface area contributed by atoms with Crippen LogP contribution >= 0.6 is 0 Å². The second kappa shape index (κ2) is 6.77. The molecule has 0 aliphatic heterocycles. The van der Waals surface area contributed by atoms with Crippen LogP contribution in [-0.4, -0.2) is 23.6 Å². The van der Waals surface area contributed by atoms with Crippen LogP contribution in [0.1, 0.15) is 25.7 Å². The molecular formula is C7H17NO2S2. The standard InChI is InChI=1S/C7H17NO2S2/c1-12(9,11)10-7-5-3-2-4-6-8/h2-8H2,1H3. The SMILES string of the molecule is CS(=O)(=S)OCCCCCCN. The lowest BCUT2D eigenvalue weighted by atomic mass is 10.2. The molecule has 0 radical (unpaired) electrons. The van der Waals surface area contributed by atoms with Crippen molar-refractivity contribution in [2.24, 2.45) is 5.73 Å². The van der Waals surface area contributed by atoms with E-state index in [9.17, 15) is 4.21 Å². The normalized spacial score (nSPS) is 15.8. The predicted octanol–water partition coefficient (Wildman–Crippen LogP) is 0.813. The smallest absolute Gasteiger partial charge is 0.141 e. The van der Waals surface area contributed by atoms with Gasteiger partial charge in [0.15, 0.2) is 0 Å². The molecule has 5 heteroatoms. The zero-order chi connectivity index (χ0) is 9.45. The van der Waals surface area contributed by atoms with E-state index >= 15 is 0 Å². The molecule has 0 heterocycles. The summed E-state index contributed by atoms with van der Waals surface area (Å²) in [5.41, 5.74) is 5.32. The first-order chi connectivity index (χ1) is 5.56. The lowest BCUT2D eigenvalue weighted by molar-refractivity contribution is 0.334. The molecule has 1 unspecified atom stereocenters. The van der Waals surface area contributed by atoms with Crippen molar-refractivity contribution in [2.45, 2.75) is 25.7 Å². The summed E-state index contributed by atoms with van der Waals surface area (Å²) in [6, 6.07) is 0. The van der Waals surface area contributed by atoms with Gasteiger partial charge in [-0.15, -0.1) is 0 Å². The molecule has 1 atom stereocenters. The highest BCUT2D eigenvalue weighted by molar-refractivity contribution is 8.29. The van der Waals surface area contributed by atoms with E-state index in [0.29, 0.717) is 6.61 Å². The Bertz CT molecular complexity index is 190. The van der Waals surface area contributed by atoms with Crippen LogP contribution in [0, 0.1) is 0 Å². The lowest BCUT2D eigenvalue weighted by Gasteiger charge is -2.02. The summed E-state index contributed by atoms with van der Waals surface area (Å²) < 4.78 is 15.8. The van der Waals surface area contributed by atoms with Crippen LogP contribution in [0.4, 0.5) is 0 Å². The Morgan fingerprint density at radius 1 is 1.33 bits per heavy atom. The minimum absolute atomic E-state index is 0.503. The lowest BCUT2D eigenvalue weighted by Crippen LogP contribution is -2.03. The molecule has 0 aliphatic carbocycles. The molecule has 74 valence electrons. The Morgan fingerprint density at radius 3 is 2.42 bits per heavy atom. The van der Waals surface area contributed by atoms with Gasteiger partial charge >= 0.3 is 0 Å². The second-order valence-corrected chi connectivity index (χ2v) is 6.19. The van der Waals surface area contributed by atoms with Crippen molar-refractivity contribution in [2.75, 3.05) is 19.4 Å². The fourth-order valence-electron chi connectivity index (χ4n) is 0.810. The van der Waals surface area contributed by atoms with Gasteiger partial charge in [0.25, 0.3) is 0 Å². The van der Waals surface area contributed by atoms with Crippen molar-refractivity contribution in [1.82, 2.24) is 0 Å². The summed E-state index contributed by atoms with van der Waals surface area (Å²) >= 11 is 4.57. The summed E-state index contributed by atoms with van der Waals surface area (Å²) in [6.45, 7) is 1.25. The summed E-state index contributed by atoms with van der Waals surface area (Å²) in [7, 11) is -2.41. The van der Waals surface area contributed by atoms with Gasteiger partial charge in [-0.05, 0) is 19.4 Å². The van der Waals surface area contributed by atoms with Gasteiger partial charge in [-0.2, -0.15) is 0 Å². The van der Waals surface area contributed by atoms with E-state index in [2.05, 4.69) is 11.2 Å². The highest BCUT2D eigenvalue weighted by atomic mass is 32.8. The summed E-state index contributed by atoms with van der Waals surface area (Å²) in [5, 5.41) is 0. The first kappa shape index (κ1) is 12.3. The van der Waals surface area contributed by atoms with Crippen molar-refractivity contribution >= 4 is 20.0 Å². The van der Waals surface area contributed by atoms with Gasteiger partial charge in [-0.1, -0.05) is 12.8 Å². The van der Waals surface area contributed by atoms with E-state index in [1.54, 1.807) is 0 Å². The molecule has 0 aromatic rings. The van der Waals surface area contributed by atoms with E-state index in [4.69, 9.17) is 9.92 Å². The second-order valence-electron chi connectivity index (χ2n) is 2.73. The maximum Gasteiger partial charge on any atom is 0.141 e. The molecule has 0 rings (SSSR count). The Morgan fingerprint density at radius 2 is 1.92 bits per heavy atom. The first-order valence-corrected chi connectivity index (χ1v) is 6.92. The van der Waals surface area contributed by atoms with Gasteiger partial charge in [-0.25, -0.2) is 4.21 Å². The molecule has 0 aromatic carbocycles. The molecule has 0 aromatic heterocycles. The van der Waals surface area contributed by atoms with Gasteiger partial charge in [0, 0.05) is 17.4 Å². The summed E-state index contributed by atoms with van der Waals surface area (Å²) in [6.07, 6.45) is 5.59. The third-order valence-corrected chi connectivity index (χ3v) is 2.28. The number of hydrogen-bond donors (Lipinski definition) is 1. The maximum absolute atomic E-state index is 10.8. The number of hydrogen-bond acceptors (Lipinski definition) is 4. The molecule has 0 aliphatic rings. The van der Waals surface area contributed by atoms with E-state index in [0.717, 1.165) is 32.2 Å². The third-order valence-electron chi connectivity index (χ3n) is 1.40. The zero-order valence-electron chi connectivity index (χ0n) is 7.45. The molecule has 3 nitrogen and oxygen atoms in total. The van der Waals surface area contributed by atoms with Crippen molar-refractivity contribution < 1.29 is 8.39 Å². The fourth-order valence-corrected chi connectivity index (χ4v) is 1.43. The third kappa shape index (κ3) is 10.3. The monoisotopic (exact) mass is 211 g/mol. The van der Waals surface area contributed by atoms with Crippen molar-refractivity contribution in [3.8, 4) is 0 Å². The van der Waals surface area contributed by atoms with E-state index < -0.39 is 8.77 Å². The van der Waals surface area contributed by atoms with Crippen LogP contribution < -0.4 is 5.73 Å². The van der Waals surface area contributed by atoms with E-state index in [1.165, 1.54) is 6.26 Å². The quantitative estimate of drug-likeness (QED) is 0.633. The van der Waals surface area contributed by atoms with Gasteiger partial charge in [0.05, 0.1) is 6.61 Å². The fraction of sp³-hybridized carbons (Fsp3) is 1.00. The largest absolute Gasteiger partial charge is 0.330 e. The Balaban J connectivity index is 3.12. The minimum Gasteiger partial charge on any atom is -0.330 e. The topological polar surface area (TPSA) is 52.3 Å². The molecule has 0 saturated heterocycles.